The molecule has 1 unspecified atom stereocenters. The number of hydrogen-bond acceptors (Lipinski definition) is 2. The van der Waals surface area contributed by atoms with Gasteiger partial charge in [0.05, 0.1) is 0 Å². The van der Waals surface area contributed by atoms with Crippen molar-refractivity contribution in [3.63, 3.8) is 0 Å². The minimum Gasteiger partial charge on any atom is -0.271 e. The van der Waals surface area contributed by atoms with Gasteiger partial charge in [-0.1, -0.05) is 47.4 Å². The van der Waals surface area contributed by atoms with Gasteiger partial charge < -0.3 is 0 Å². The molecule has 0 amide bonds. The average molecular weight is 278 g/mol. The molecule has 0 aliphatic carbocycles. The van der Waals surface area contributed by atoms with E-state index in [4.69, 9.17) is 17.4 Å². The maximum Gasteiger partial charge on any atom is 0.0494 e. The molecule has 78 valence electrons. The molecule has 0 aliphatic rings. The van der Waals surface area contributed by atoms with Crippen molar-refractivity contribution >= 4 is 27.5 Å². The Balaban J connectivity index is 3.04. The lowest BCUT2D eigenvalue weighted by molar-refractivity contribution is 0.420. The first-order valence-corrected chi connectivity index (χ1v) is 5.64. The fourth-order valence-corrected chi connectivity index (χ4v) is 2.32. The van der Waals surface area contributed by atoms with E-state index in [0.717, 1.165) is 15.1 Å². The molecule has 0 spiro atoms. The maximum absolute atomic E-state index is 5.86. The van der Waals surface area contributed by atoms with Crippen LogP contribution >= 0.6 is 27.5 Å². The molecule has 0 radical (unpaired) electrons. The molecule has 1 rings (SSSR count). The second-order valence-electron chi connectivity index (χ2n) is 3.55. The second-order valence-corrected chi connectivity index (χ2v) is 4.84. The highest BCUT2D eigenvalue weighted by Crippen LogP contribution is 2.29. The Bertz CT molecular complexity index is 315. The molecule has 1 atom stereocenters. The topological polar surface area (TPSA) is 38.0 Å². The van der Waals surface area contributed by atoms with Crippen LogP contribution in [0.2, 0.25) is 5.02 Å². The molecule has 4 heteroatoms. The lowest BCUT2D eigenvalue weighted by atomic mass is 9.97. The van der Waals surface area contributed by atoms with E-state index in [-0.39, 0.29) is 6.04 Å². The van der Waals surface area contributed by atoms with Gasteiger partial charge in [0.25, 0.3) is 0 Å². The van der Waals surface area contributed by atoms with E-state index in [2.05, 4.69) is 35.2 Å². The van der Waals surface area contributed by atoms with Crippen molar-refractivity contribution in [3.05, 3.63) is 33.3 Å². The van der Waals surface area contributed by atoms with Crippen LogP contribution in [0.15, 0.2) is 22.7 Å². The molecule has 0 aliphatic heterocycles. The summed E-state index contributed by atoms with van der Waals surface area (Å²) in [6.45, 7) is 4.23. The summed E-state index contributed by atoms with van der Waals surface area (Å²) in [5.74, 6) is 5.94. The first-order chi connectivity index (χ1) is 6.56. The number of benzene rings is 1. The van der Waals surface area contributed by atoms with Crippen molar-refractivity contribution in [1.29, 1.82) is 0 Å². The van der Waals surface area contributed by atoms with Crippen LogP contribution in [0.3, 0.4) is 0 Å². The van der Waals surface area contributed by atoms with Crippen LogP contribution in [0.25, 0.3) is 0 Å². The van der Waals surface area contributed by atoms with Gasteiger partial charge in [0.2, 0.25) is 0 Å². The predicted molar refractivity (Wildman–Crippen MR) is 64.1 cm³/mol. The molecule has 14 heavy (non-hydrogen) atoms. The monoisotopic (exact) mass is 276 g/mol. The van der Waals surface area contributed by atoms with Gasteiger partial charge in [-0.3, -0.25) is 11.3 Å². The smallest absolute Gasteiger partial charge is 0.0494 e. The minimum atomic E-state index is 0.140. The van der Waals surface area contributed by atoms with Crippen molar-refractivity contribution in [2.24, 2.45) is 11.8 Å². The van der Waals surface area contributed by atoms with Crippen LogP contribution in [0, 0.1) is 5.92 Å². The van der Waals surface area contributed by atoms with E-state index in [1.54, 1.807) is 0 Å². The van der Waals surface area contributed by atoms with E-state index in [1.807, 2.05) is 18.2 Å². The Morgan fingerprint density at radius 3 is 2.50 bits per heavy atom. The van der Waals surface area contributed by atoms with Crippen molar-refractivity contribution in [2.75, 3.05) is 0 Å². The normalized spacial score (nSPS) is 13.3. The van der Waals surface area contributed by atoms with E-state index in [1.165, 1.54) is 0 Å². The van der Waals surface area contributed by atoms with Crippen LogP contribution in [0.5, 0.6) is 0 Å². The predicted octanol–water partition coefficient (Wildman–Crippen LogP) is 3.26. The zero-order valence-electron chi connectivity index (χ0n) is 8.22. The van der Waals surface area contributed by atoms with Crippen LogP contribution in [0.1, 0.15) is 25.5 Å². The summed E-state index contributed by atoms with van der Waals surface area (Å²) in [4.78, 5) is 0. The molecular formula is C10H14BrClN2. The van der Waals surface area contributed by atoms with Crippen molar-refractivity contribution < 1.29 is 0 Å². The summed E-state index contributed by atoms with van der Waals surface area (Å²) in [7, 11) is 0. The quantitative estimate of drug-likeness (QED) is 0.657. The molecule has 0 bridgehead atoms. The molecule has 3 N–H and O–H groups in total. The number of halogens is 2. The fourth-order valence-electron chi connectivity index (χ4n) is 1.40. The van der Waals surface area contributed by atoms with E-state index in [0.29, 0.717) is 5.92 Å². The molecule has 2 nitrogen and oxygen atoms in total. The Kier molecular flexibility index (Phi) is 4.38. The molecule has 0 heterocycles. The summed E-state index contributed by atoms with van der Waals surface area (Å²) in [5.41, 5.74) is 3.94. The lowest BCUT2D eigenvalue weighted by Gasteiger charge is -2.21. The Morgan fingerprint density at radius 1 is 1.43 bits per heavy atom. The third-order valence-corrected chi connectivity index (χ3v) is 3.07. The zero-order valence-corrected chi connectivity index (χ0v) is 10.6. The Hall–Kier alpha value is -0.0900. The number of nitrogens with two attached hydrogens (primary N) is 1. The standard InChI is InChI=1S/C10H14BrClN2/c1-6(2)10(14-13)8-4-3-7(12)5-9(8)11/h3-6,10,14H,13H2,1-2H3. The SMILES string of the molecule is CC(C)C(NN)c1ccc(Cl)cc1Br. The van der Waals surface area contributed by atoms with Gasteiger partial charge in [-0.05, 0) is 23.6 Å². The molecule has 0 saturated heterocycles. The summed E-state index contributed by atoms with van der Waals surface area (Å²) in [6.07, 6.45) is 0. The van der Waals surface area contributed by atoms with Gasteiger partial charge >= 0.3 is 0 Å². The summed E-state index contributed by atoms with van der Waals surface area (Å²) >= 11 is 9.34. The minimum absolute atomic E-state index is 0.140. The average Bonchev–Trinajstić information content (AvgIpc) is 2.09. The second kappa shape index (κ2) is 5.12. The van der Waals surface area contributed by atoms with Crippen LogP contribution in [0.4, 0.5) is 0 Å². The lowest BCUT2D eigenvalue weighted by Crippen LogP contribution is -2.31. The maximum atomic E-state index is 5.86. The number of rotatable bonds is 3. The van der Waals surface area contributed by atoms with Gasteiger partial charge in [-0.25, -0.2) is 0 Å². The van der Waals surface area contributed by atoms with Gasteiger partial charge in [0.15, 0.2) is 0 Å². The van der Waals surface area contributed by atoms with E-state index >= 15 is 0 Å². The molecular weight excluding hydrogens is 263 g/mol. The molecule has 0 saturated carbocycles. The largest absolute Gasteiger partial charge is 0.271 e. The van der Waals surface area contributed by atoms with Crippen LogP contribution in [-0.2, 0) is 0 Å². The fraction of sp³-hybridized carbons (Fsp3) is 0.400. The summed E-state index contributed by atoms with van der Waals surface area (Å²) in [6, 6.07) is 5.87. The highest BCUT2D eigenvalue weighted by atomic mass is 79.9. The molecule has 0 aromatic heterocycles. The van der Waals surface area contributed by atoms with Gasteiger partial charge in [-0.15, -0.1) is 0 Å². The molecule has 1 aromatic rings. The van der Waals surface area contributed by atoms with Crippen molar-refractivity contribution in [2.45, 2.75) is 19.9 Å². The first-order valence-electron chi connectivity index (χ1n) is 4.47. The highest BCUT2D eigenvalue weighted by Gasteiger charge is 2.16. The highest BCUT2D eigenvalue weighted by molar-refractivity contribution is 9.10. The van der Waals surface area contributed by atoms with Crippen LogP contribution < -0.4 is 11.3 Å². The third-order valence-electron chi connectivity index (χ3n) is 2.14. The Morgan fingerprint density at radius 2 is 2.07 bits per heavy atom. The first kappa shape index (κ1) is 12.0. The zero-order chi connectivity index (χ0) is 10.7. The number of nitrogens with one attached hydrogen (secondary N) is 1. The molecule has 0 fully saturated rings. The van der Waals surface area contributed by atoms with Gasteiger partial charge in [0, 0.05) is 15.5 Å². The molecule has 1 aromatic carbocycles. The van der Waals surface area contributed by atoms with E-state index < -0.39 is 0 Å². The third kappa shape index (κ3) is 2.70. The summed E-state index contributed by atoms with van der Waals surface area (Å²) < 4.78 is 0.988. The van der Waals surface area contributed by atoms with Gasteiger partial charge in [0.1, 0.15) is 0 Å². The summed E-state index contributed by atoms with van der Waals surface area (Å²) in [5, 5.41) is 0.722. The van der Waals surface area contributed by atoms with Gasteiger partial charge in [-0.2, -0.15) is 0 Å². The van der Waals surface area contributed by atoms with E-state index in [9.17, 15) is 0 Å². The number of hydrazine groups is 1. The number of hydrogen-bond donors (Lipinski definition) is 2. The van der Waals surface area contributed by atoms with Crippen LogP contribution in [-0.4, -0.2) is 0 Å². The van der Waals surface area contributed by atoms with Crippen molar-refractivity contribution in [1.82, 2.24) is 5.43 Å². The van der Waals surface area contributed by atoms with Crippen molar-refractivity contribution in [3.8, 4) is 0 Å². The Labute approximate surface area is 97.9 Å².